The van der Waals surface area contributed by atoms with Crippen molar-refractivity contribution < 1.29 is 18.9 Å². The van der Waals surface area contributed by atoms with Crippen LogP contribution in [0, 0.1) is 0 Å². The molecule has 0 aliphatic rings. The number of ether oxygens (including phenoxy) is 4. The third kappa shape index (κ3) is 5.32. The van der Waals surface area contributed by atoms with Crippen LogP contribution in [0.4, 0.5) is 5.69 Å². The average molecular weight is 315 g/mol. The zero-order valence-electron chi connectivity index (χ0n) is 13.3. The van der Waals surface area contributed by atoms with Crippen LogP contribution >= 0.6 is 0 Å². The van der Waals surface area contributed by atoms with Gasteiger partial charge in [-0.3, -0.25) is 0 Å². The Balaban J connectivity index is 2.16. The van der Waals surface area contributed by atoms with E-state index in [0.29, 0.717) is 11.5 Å². The van der Waals surface area contributed by atoms with Crippen molar-refractivity contribution in [2.24, 2.45) is 0 Å². The van der Waals surface area contributed by atoms with Crippen molar-refractivity contribution in [1.82, 2.24) is 0 Å². The van der Waals surface area contributed by atoms with Gasteiger partial charge in [-0.2, -0.15) is 0 Å². The number of nitrogen functional groups attached to an aromatic ring is 1. The number of anilines is 1. The molecule has 0 atom stereocenters. The van der Waals surface area contributed by atoms with E-state index in [9.17, 15) is 0 Å². The molecule has 2 aromatic rings. The predicted molar refractivity (Wildman–Crippen MR) is 91.2 cm³/mol. The summed E-state index contributed by atoms with van der Waals surface area (Å²) in [6.07, 6.45) is 4.00. The van der Waals surface area contributed by atoms with E-state index >= 15 is 0 Å². The van der Waals surface area contributed by atoms with Crippen molar-refractivity contribution in [3.63, 3.8) is 0 Å². The quantitative estimate of drug-likeness (QED) is 0.459. The second-order valence-corrected chi connectivity index (χ2v) is 4.81. The molecule has 0 fully saturated rings. The number of hydrogen-bond donors (Lipinski definition) is 1. The maximum atomic E-state index is 5.68. The monoisotopic (exact) mass is 315 g/mol. The van der Waals surface area contributed by atoms with Crippen molar-refractivity contribution in [1.29, 1.82) is 0 Å². The fraction of sp³-hybridized carbons (Fsp3) is 0.222. The summed E-state index contributed by atoms with van der Waals surface area (Å²) >= 11 is 0. The first-order valence-electron chi connectivity index (χ1n) is 7.14. The summed E-state index contributed by atoms with van der Waals surface area (Å²) in [5.41, 5.74) is 8.48. The van der Waals surface area contributed by atoms with Gasteiger partial charge >= 0.3 is 0 Å². The molecule has 0 radical (unpaired) electrons. The van der Waals surface area contributed by atoms with Crippen molar-refractivity contribution in [3.8, 4) is 11.5 Å². The van der Waals surface area contributed by atoms with Crippen LogP contribution in [-0.2, 0) is 9.47 Å². The predicted octanol–water partition coefficient (Wildman–Crippen LogP) is 3.40. The van der Waals surface area contributed by atoms with Crippen molar-refractivity contribution in [3.05, 3.63) is 53.6 Å². The van der Waals surface area contributed by atoms with Crippen LogP contribution < -0.4 is 15.2 Å². The minimum atomic E-state index is 0.147. The van der Waals surface area contributed by atoms with Crippen LogP contribution in [0.1, 0.15) is 11.1 Å². The Morgan fingerprint density at radius 2 is 1.35 bits per heavy atom. The van der Waals surface area contributed by atoms with Crippen molar-refractivity contribution >= 4 is 17.8 Å². The molecule has 0 bridgehead atoms. The zero-order valence-corrected chi connectivity index (χ0v) is 13.3. The topological polar surface area (TPSA) is 62.9 Å². The van der Waals surface area contributed by atoms with Gasteiger partial charge < -0.3 is 24.7 Å². The number of benzene rings is 2. The molecule has 5 heteroatoms. The number of methoxy groups -OCH3 is 2. The molecule has 0 saturated carbocycles. The van der Waals surface area contributed by atoms with E-state index in [1.165, 1.54) is 0 Å². The lowest BCUT2D eigenvalue weighted by Gasteiger charge is -2.12. The summed E-state index contributed by atoms with van der Waals surface area (Å²) < 4.78 is 20.9. The molecular weight excluding hydrogens is 294 g/mol. The highest BCUT2D eigenvalue weighted by Gasteiger charge is 2.06. The van der Waals surface area contributed by atoms with Crippen LogP contribution in [0.15, 0.2) is 42.5 Å². The van der Waals surface area contributed by atoms with E-state index in [1.807, 2.05) is 54.6 Å². The van der Waals surface area contributed by atoms with Gasteiger partial charge in [0.25, 0.3) is 0 Å². The number of nitrogens with two attached hydrogens (primary N) is 1. The van der Waals surface area contributed by atoms with Crippen LogP contribution in [0.25, 0.3) is 12.2 Å². The first-order chi connectivity index (χ1) is 11.2. The van der Waals surface area contributed by atoms with Crippen molar-refractivity contribution in [2.75, 3.05) is 33.5 Å². The molecule has 0 aliphatic carbocycles. The van der Waals surface area contributed by atoms with Gasteiger partial charge in [-0.05, 0) is 35.4 Å². The molecular formula is C18H21NO4. The Kier molecular flexibility index (Phi) is 6.47. The fourth-order valence-corrected chi connectivity index (χ4v) is 1.90. The molecule has 0 amide bonds. The van der Waals surface area contributed by atoms with Gasteiger partial charge in [0.1, 0.15) is 0 Å². The van der Waals surface area contributed by atoms with E-state index in [0.717, 1.165) is 16.8 Å². The van der Waals surface area contributed by atoms with Crippen LogP contribution in [0.3, 0.4) is 0 Å². The third-order valence-electron chi connectivity index (χ3n) is 3.04. The maximum absolute atomic E-state index is 5.68. The average Bonchev–Trinajstić information content (AvgIpc) is 2.58. The van der Waals surface area contributed by atoms with Gasteiger partial charge in [0.2, 0.25) is 0 Å². The van der Waals surface area contributed by atoms with Gasteiger partial charge in [0.05, 0.1) is 0 Å². The van der Waals surface area contributed by atoms with E-state index in [-0.39, 0.29) is 13.6 Å². The highest BCUT2D eigenvalue weighted by molar-refractivity contribution is 5.71. The van der Waals surface area contributed by atoms with Crippen LogP contribution in [0.2, 0.25) is 0 Å². The molecule has 0 aliphatic heterocycles. The Hall–Kier alpha value is -2.50. The van der Waals surface area contributed by atoms with E-state index in [4.69, 9.17) is 24.7 Å². The van der Waals surface area contributed by atoms with Gasteiger partial charge in [0, 0.05) is 19.9 Å². The summed E-state index contributed by atoms with van der Waals surface area (Å²) in [6, 6.07) is 13.3. The maximum Gasteiger partial charge on any atom is 0.188 e. The molecule has 0 unspecified atom stereocenters. The molecule has 122 valence electrons. The normalized spacial score (nSPS) is 10.9. The number of hydrogen-bond acceptors (Lipinski definition) is 5. The standard InChI is InChI=1S/C18H21NO4/c1-20-12-22-17-10-7-15(11-18(17)23-13-21-2)4-3-14-5-8-16(19)9-6-14/h3-11H,12-13,19H2,1-2H3/b4-3+. The second-order valence-electron chi connectivity index (χ2n) is 4.81. The van der Waals surface area contributed by atoms with Gasteiger partial charge in [0.15, 0.2) is 25.1 Å². The highest BCUT2D eigenvalue weighted by atomic mass is 16.7. The second kappa shape index (κ2) is 8.82. The highest BCUT2D eigenvalue weighted by Crippen LogP contribution is 2.29. The van der Waals surface area contributed by atoms with E-state index in [1.54, 1.807) is 14.2 Å². The lowest BCUT2D eigenvalue weighted by molar-refractivity contribution is 0.0322. The van der Waals surface area contributed by atoms with Crippen LogP contribution in [0.5, 0.6) is 11.5 Å². The Bertz CT molecular complexity index is 638. The third-order valence-corrected chi connectivity index (χ3v) is 3.04. The molecule has 0 aromatic heterocycles. The van der Waals surface area contributed by atoms with Crippen LogP contribution in [-0.4, -0.2) is 27.8 Å². The van der Waals surface area contributed by atoms with Gasteiger partial charge in [-0.25, -0.2) is 0 Å². The Morgan fingerprint density at radius 1 is 0.783 bits per heavy atom. The SMILES string of the molecule is COCOc1ccc(/C=C/c2ccc(N)cc2)cc1OCOC. The summed E-state index contributed by atoms with van der Waals surface area (Å²) in [4.78, 5) is 0. The number of rotatable bonds is 8. The lowest BCUT2D eigenvalue weighted by Crippen LogP contribution is -2.04. The molecule has 0 saturated heterocycles. The lowest BCUT2D eigenvalue weighted by atomic mass is 10.1. The molecule has 2 rings (SSSR count). The summed E-state index contributed by atoms with van der Waals surface area (Å²) in [7, 11) is 3.14. The molecule has 2 N–H and O–H groups in total. The molecule has 2 aromatic carbocycles. The van der Waals surface area contributed by atoms with Crippen molar-refractivity contribution in [2.45, 2.75) is 0 Å². The fourth-order valence-electron chi connectivity index (χ4n) is 1.90. The first kappa shape index (κ1) is 16.9. The molecule has 5 nitrogen and oxygen atoms in total. The summed E-state index contributed by atoms with van der Waals surface area (Å²) in [5.74, 6) is 1.21. The summed E-state index contributed by atoms with van der Waals surface area (Å²) in [5, 5.41) is 0. The zero-order chi connectivity index (χ0) is 16.5. The molecule has 23 heavy (non-hydrogen) atoms. The smallest absolute Gasteiger partial charge is 0.188 e. The van der Waals surface area contributed by atoms with E-state index in [2.05, 4.69) is 0 Å². The molecule has 0 spiro atoms. The van der Waals surface area contributed by atoms with E-state index < -0.39 is 0 Å². The largest absolute Gasteiger partial charge is 0.464 e. The van der Waals surface area contributed by atoms with Gasteiger partial charge in [-0.15, -0.1) is 0 Å². The minimum Gasteiger partial charge on any atom is -0.464 e. The Labute approximate surface area is 136 Å². The Morgan fingerprint density at radius 3 is 2.00 bits per heavy atom. The van der Waals surface area contributed by atoms with Gasteiger partial charge in [-0.1, -0.05) is 30.4 Å². The molecule has 0 heterocycles. The minimum absolute atomic E-state index is 0.147. The summed E-state index contributed by atoms with van der Waals surface area (Å²) in [6.45, 7) is 0.304. The first-order valence-corrected chi connectivity index (χ1v) is 7.14.